The first kappa shape index (κ1) is 9.84. The van der Waals surface area contributed by atoms with Crippen molar-refractivity contribution in [2.45, 2.75) is 6.92 Å². The van der Waals surface area contributed by atoms with Gasteiger partial charge in [0, 0.05) is 17.4 Å². The molecule has 3 rings (SSSR count). The number of hydrogen-bond acceptors (Lipinski definition) is 2. The van der Waals surface area contributed by atoms with Crippen molar-refractivity contribution in [3.8, 4) is 0 Å². The number of aromatic nitrogens is 2. The summed E-state index contributed by atoms with van der Waals surface area (Å²) in [6, 6.07) is 5.84. The molecule has 17 heavy (non-hydrogen) atoms. The maximum absolute atomic E-state index is 11.9. The fourth-order valence-electron chi connectivity index (χ4n) is 2.07. The molecule has 2 N–H and O–H groups in total. The second-order valence-electron chi connectivity index (χ2n) is 4.00. The van der Waals surface area contributed by atoms with Crippen LogP contribution in [-0.4, -0.2) is 15.9 Å². The van der Waals surface area contributed by atoms with Crippen LogP contribution in [0.5, 0.6) is 0 Å². The first-order chi connectivity index (χ1) is 8.25. The van der Waals surface area contributed by atoms with Gasteiger partial charge in [-0.05, 0) is 24.6 Å². The third kappa shape index (κ3) is 1.54. The average molecular weight is 225 g/mol. The second-order valence-corrected chi connectivity index (χ2v) is 4.00. The molecule has 1 aromatic heterocycles. The summed E-state index contributed by atoms with van der Waals surface area (Å²) in [6.45, 7) is 2.00. The standard InChI is InChI=1S/C13H11N3O/c1-8-3-2-4-11-12(8)10(13(17)16-11)5-9-6-14-7-15-9/h2-7H,1H3,(H,14,15)(H,16,17). The number of aryl methyl sites for hydroxylation is 1. The van der Waals surface area contributed by atoms with Crippen LogP contribution in [0.1, 0.15) is 16.8 Å². The quantitative estimate of drug-likeness (QED) is 0.731. The van der Waals surface area contributed by atoms with Gasteiger partial charge in [0.05, 0.1) is 17.6 Å². The molecule has 0 spiro atoms. The minimum atomic E-state index is -0.0719. The lowest BCUT2D eigenvalue weighted by molar-refractivity contribution is -0.110. The van der Waals surface area contributed by atoms with Crippen molar-refractivity contribution in [2.24, 2.45) is 0 Å². The van der Waals surface area contributed by atoms with Crippen molar-refractivity contribution in [1.82, 2.24) is 9.97 Å². The number of H-pyrrole nitrogens is 1. The highest BCUT2D eigenvalue weighted by Gasteiger charge is 2.25. The molecule has 1 aromatic carbocycles. The fraction of sp³-hybridized carbons (Fsp3) is 0.0769. The molecule has 0 saturated carbocycles. The molecule has 0 unspecified atom stereocenters. The molecule has 84 valence electrons. The van der Waals surface area contributed by atoms with Gasteiger partial charge in [0.2, 0.25) is 0 Å². The third-order valence-electron chi connectivity index (χ3n) is 2.85. The Kier molecular flexibility index (Phi) is 2.08. The number of aromatic amines is 1. The molecule has 0 aliphatic carbocycles. The molecule has 0 bridgehead atoms. The van der Waals surface area contributed by atoms with E-state index in [2.05, 4.69) is 15.3 Å². The molecular weight excluding hydrogens is 214 g/mol. The number of hydrogen-bond donors (Lipinski definition) is 2. The van der Waals surface area contributed by atoms with Crippen LogP contribution >= 0.6 is 0 Å². The molecule has 1 aliphatic heterocycles. The van der Waals surface area contributed by atoms with Crippen molar-refractivity contribution in [2.75, 3.05) is 5.32 Å². The maximum atomic E-state index is 11.9. The first-order valence-electron chi connectivity index (χ1n) is 5.37. The molecule has 2 heterocycles. The van der Waals surface area contributed by atoms with Crippen LogP contribution in [0.3, 0.4) is 0 Å². The van der Waals surface area contributed by atoms with Gasteiger partial charge in [-0.3, -0.25) is 4.79 Å². The number of benzene rings is 1. The van der Waals surface area contributed by atoms with Crippen molar-refractivity contribution in [3.63, 3.8) is 0 Å². The molecule has 0 saturated heterocycles. The number of anilines is 1. The van der Waals surface area contributed by atoms with Gasteiger partial charge in [-0.1, -0.05) is 12.1 Å². The second kappa shape index (κ2) is 3.59. The van der Waals surface area contributed by atoms with E-state index >= 15 is 0 Å². The van der Waals surface area contributed by atoms with E-state index in [1.165, 1.54) is 0 Å². The number of amides is 1. The molecule has 1 amide bonds. The lowest BCUT2D eigenvalue weighted by atomic mass is 10.0. The average Bonchev–Trinajstić information content (AvgIpc) is 2.89. The van der Waals surface area contributed by atoms with E-state index < -0.39 is 0 Å². The van der Waals surface area contributed by atoms with Crippen molar-refractivity contribution in [1.29, 1.82) is 0 Å². The molecule has 0 radical (unpaired) electrons. The number of imidazole rings is 1. The fourth-order valence-corrected chi connectivity index (χ4v) is 2.07. The Morgan fingerprint density at radius 1 is 1.35 bits per heavy atom. The van der Waals surface area contributed by atoms with Gasteiger partial charge in [0.25, 0.3) is 5.91 Å². The summed E-state index contributed by atoms with van der Waals surface area (Å²) in [5, 5.41) is 2.86. The van der Waals surface area contributed by atoms with Crippen molar-refractivity contribution >= 4 is 23.2 Å². The number of carbonyl (C=O) groups is 1. The van der Waals surface area contributed by atoms with Crippen LogP contribution in [0.4, 0.5) is 5.69 Å². The van der Waals surface area contributed by atoms with E-state index in [1.807, 2.05) is 25.1 Å². The van der Waals surface area contributed by atoms with Crippen LogP contribution in [-0.2, 0) is 4.79 Å². The lowest BCUT2D eigenvalue weighted by Gasteiger charge is -2.01. The lowest BCUT2D eigenvalue weighted by Crippen LogP contribution is -2.03. The van der Waals surface area contributed by atoms with E-state index in [4.69, 9.17) is 0 Å². The van der Waals surface area contributed by atoms with Crippen LogP contribution in [0.25, 0.3) is 11.6 Å². The summed E-state index contributed by atoms with van der Waals surface area (Å²) in [4.78, 5) is 18.9. The predicted molar refractivity (Wildman–Crippen MR) is 66.3 cm³/mol. The zero-order valence-electron chi connectivity index (χ0n) is 9.32. The number of fused-ring (bicyclic) bond motifs is 1. The highest BCUT2D eigenvalue weighted by molar-refractivity contribution is 6.35. The van der Waals surface area contributed by atoms with E-state index in [1.54, 1.807) is 18.6 Å². The summed E-state index contributed by atoms with van der Waals surface area (Å²) < 4.78 is 0. The molecule has 0 atom stereocenters. The smallest absolute Gasteiger partial charge is 0.256 e. The molecule has 1 aliphatic rings. The predicted octanol–water partition coefficient (Wildman–Crippen LogP) is 2.21. The van der Waals surface area contributed by atoms with E-state index in [9.17, 15) is 4.79 Å². The summed E-state index contributed by atoms with van der Waals surface area (Å²) in [5.74, 6) is -0.0719. The van der Waals surface area contributed by atoms with Gasteiger partial charge < -0.3 is 10.3 Å². The summed E-state index contributed by atoms with van der Waals surface area (Å²) >= 11 is 0. The monoisotopic (exact) mass is 225 g/mol. The number of rotatable bonds is 1. The minimum Gasteiger partial charge on any atom is -0.351 e. The van der Waals surface area contributed by atoms with Gasteiger partial charge >= 0.3 is 0 Å². The largest absolute Gasteiger partial charge is 0.351 e. The van der Waals surface area contributed by atoms with E-state index in [0.29, 0.717) is 5.57 Å². The zero-order chi connectivity index (χ0) is 11.8. The Bertz CT molecular complexity index is 612. The van der Waals surface area contributed by atoms with Gasteiger partial charge in [-0.2, -0.15) is 0 Å². The number of nitrogens with one attached hydrogen (secondary N) is 2. The van der Waals surface area contributed by atoms with Crippen molar-refractivity contribution < 1.29 is 4.79 Å². The van der Waals surface area contributed by atoms with Gasteiger partial charge in [0.15, 0.2) is 0 Å². The Morgan fingerprint density at radius 3 is 3.00 bits per heavy atom. The van der Waals surface area contributed by atoms with Gasteiger partial charge in [0.1, 0.15) is 0 Å². The first-order valence-corrected chi connectivity index (χ1v) is 5.37. The van der Waals surface area contributed by atoms with Gasteiger partial charge in [-0.15, -0.1) is 0 Å². The number of nitrogens with zero attached hydrogens (tertiary/aromatic N) is 1. The SMILES string of the molecule is Cc1cccc2c1C(=Cc1c[nH]cn1)C(=O)N2. The number of carbonyl (C=O) groups excluding carboxylic acids is 1. The van der Waals surface area contributed by atoms with Crippen LogP contribution in [0.2, 0.25) is 0 Å². The summed E-state index contributed by atoms with van der Waals surface area (Å²) in [6.07, 6.45) is 5.15. The zero-order valence-corrected chi connectivity index (χ0v) is 9.32. The minimum absolute atomic E-state index is 0.0719. The molecule has 4 nitrogen and oxygen atoms in total. The van der Waals surface area contributed by atoms with E-state index in [-0.39, 0.29) is 5.91 Å². The Balaban J connectivity index is 2.17. The molecule has 2 aromatic rings. The Labute approximate surface area is 98.4 Å². The van der Waals surface area contributed by atoms with Gasteiger partial charge in [-0.25, -0.2) is 4.98 Å². The van der Waals surface area contributed by atoms with Crippen LogP contribution in [0, 0.1) is 6.92 Å². The van der Waals surface area contributed by atoms with Crippen LogP contribution in [0.15, 0.2) is 30.7 Å². The summed E-state index contributed by atoms with van der Waals surface area (Å²) in [7, 11) is 0. The third-order valence-corrected chi connectivity index (χ3v) is 2.85. The van der Waals surface area contributed by atoms with E-state index in [0.717, 1.165) is 22.5 Å². The Hall–Kier alpha value is -2.36. The van der Waals surface area contributed by atoms with Crippen LogP contribution < -0.4 is 5.32 Å². The Morgan fingerprint density at radius 2 is 2.24 bits per heavy atom. The molecular formula is C13H11N3O. The maximum Gasteiger partial charge on any atom is 0.256 e. The molecule has 0 fully saturated rings. The topological polar surface area (TPSA) is 57.8 Å². The normalized spacial score (nSPS) is 16.1. The highest BCUT2D eigenvalue weighted by Crippen LogP contribution is 2.34. The van der Waals surface area contributed by atoms with Crippen molar-refractivity contribution in [3.05, 3.63) is 47.5 Å². The molecule has 4 heteroatoms. The summed E-state index contributed by atoms with van der Waals surface area (Å²) in [5.41, 5.74) is 4.36. The highest BCUT2D eigenvalue weighted by atomic mass is 16.2.